The Morgan fingerprint density at radius 1 is 1.36 bits per heavy atom. The molecule has 2 aromatic heterocycles. The molecule has 0 atom stereocenters. The van der Waals surface area contributed by atoms with Crippen LogP contribution in [0.15, 0.2) is 30.9 Å². The Balaban J connectivity index is 2.60. The van der Waals surface area contributed by atoms with Crippen molar-refractivity contribution in [2.45, 2.75) is 13.8 Å². The number of pyridine rings is 1. The molecule has 0 aliphatic heterocycles. The fourth-order valence-corrected chi connectivity index (χ4v) is 1.61. The number of nitrogens with zero attached hydrogens (tertiary/aromatic N) is 3. The first-order chi connectivity index (χ1) is 6.68. The van der Waals surface area contributed by atoms with Gasteiger partial charge in [0.25, 0.3) is 0 Å². The zero-order valence-corrected chi connectivity index (χ0v) is 8.73. The summed E-state index contributed by atoms with van der Waals surface area (Å²) in [6.07, 6.45) is 7.89. The van der Waals surface area contributed by atoms with Crippen molar-refractivity contribution in [2.24, 2.45) is 7.05 Å². The number of hydrogen-bond acceptors (Lipinski definition) is 1. The van der Waals surface area contributed by atoms with E-state index >= 15 is 0 Å². The molecule has 3 nitrogen and oxygen atoms in total. The van der Waals surface area contributed by atoms with E-state index < -0.39 is 0 Å². The van der Waals surface area contributed by atoms with E-state index in [1.54, 1.807) is 0 Å². The molecular weight excluding hydrogens is 174 g/mol. The molecule has 0 unspecified atom stereocenters. The predicted octanol–water partition coefficient (Wildman–Crippen LogP) is 1.31. The molecule has 0 amide bonds. The summed E-state index contributed by atoms with van der Waals surface area (Å²) in [5, 5.41) is 0. The van der Waals surface area contributed by atoms with Crippen molar-refractivity contribution in [3.63, 3.8) is 0 Å². The van der Waals surface area contributed by atoms with E-state index in [4.69, 9.17) is 0 Å². The van der Waals surface area contributed by atoms with Crippen molar-refractivity contribution < 1.29 is 4.68 Å². The van der Waals surface area contributed by atoms with Gasteiger partial charge in [0.1, 0.15) is 5.69 Å². The van der Waals surface area contributed by atoms with Crippen molar-refractivity contribution in [3.8, 4) is 5.69 Å². The third-order valence-electron chi connectivity index (χ3n) is 2.31. The summed E-state index contributed by atoms with van der Waals surface area (Å²) in [6, 6.07) is 2.02. The van der Waals surface area contributed by atoms with Gasteiger partial charge in [-0.2, -0.15) is 0 Å². The molecule has 14 heavy (non-hydrogen) atoms. The van der Waals surface area contributed by atoms with Gasteiger partial charge in [-0.15, -0.1) is 9.36 Å². The van der Waals surface area contributed by atoms with Gasteiger partial charge in [-0.25, -0.2) is 0 Å². The quantitative estimate of drug-likeness (QED) is 0.618. The largest absolute Gasteiger partial charge is 0.262 e. The van der Waals surface area contributed by atoms with Gasteiger partial charge in [0.2, 0.25) is 0 Å². The molecule has 3 heteroatoms. The summed E-state index contributed by atoms with van der Waals surface area (Å²) in [6.45, 7) is 4.18. The summed E-state index contributed by atoms with van der Waals surface area (Å²) >= 11 is 0. The Bertz CT molecular complexity index is 457. The van der Waals surface area contributed by atoms with Crippen molar-refractivity contribution >= 4 is 0 Å². The minimum Gasteiger partial charge on any atom is -0.262 e. The topological polar surface area (TPSA) is 21.7 Å². The van der Waals surface area contributed by atoms with Crippen LogP contribution in [0.3, 0.4) is 0 Å². The first kappa shape index (κ1) is 8.94. The molecule has 72 valence electrons. The van der Waals surface area contributed by atoms with Gasteiger partial charge in [0.05, 0.1) is 12.4 Å². The molecule has 0 aliphatic carbocycles. The average Bonchev–Trinajstić information content (AvgIpc) is 2.46. The Hall–Kier alpha value is -1.64. The third kappa shape index (κ3) is 1.41. The smallest absolute Gasteiger partial charge is 0.198 e. The molecule has 0 spiro atoms. The molecule has 2 aromatic rings. The fraction of sp³-hybridized carbons (Fsp3) is 0.273. The zero-order valence-electron chi connectivity index (χ0n) is 8.73. The maximum absolute atomic E-state index is 4.14. The monoisotopic (exact) mass is 188 g/mol. The minimum atomic E-state index is 1.13. The summed E-state index contributed by atoms with van der Waals surface area (Å²) in [5.41, 5.74) is 3.60. The molecule has 2 heterocycles. The van der Waals surface area contributed by atoms with Crippen LogP contribution in [-0.2, 0) is 7.05 Å². The van der Waals surface area contributed by atoms with E-state index in [1.165, 1.54) is 11.1 Å². The van der Waals surface area contributed by atoms with Crippen molar-refractivity contribution in [1.82, 2.24) is 9.67 Å². The summed E-state index contributed by atoms with van der Waals surface area (Å²) in [7, 11) is 2.03. The maximum Gasteiger partial charge on any atom is 0.198 e. The van der Waals surface area contributed by atoms with E-state index in [0.29, 0.717) is 0 Å². The highest BCUT2D eigenvalue weighted by Crippen LogP contribution is 2.09. The van der Waals surface area contributed by atoms with Gasteiger partial charge >= 0.3 is 0 Å². The lowest BCUT2D eigenvalue weighted by Crippen LogP contribution is -2.37. The van der Waals surface area contributed by atoms with Crippen LogP contribution in [0.2, 0.25) is 0 Å². The summed E-state index contributed by atoms with van der Waals surface area (Å²) in [5.74, 6) is 0. The van der Waals surface area contributed by atoms with Gasteiger partial charge in [0, 0.05) is 11.8 Å². The van der Waals surface area contributed by atoms with Crippen LogP contribution >= 0.6 is 0 Å². The molecule has 0 aromatic carbocycles. The molecule has 0 aliphatic rings. The highest BCUT2D eigenvalue weighted by Gasteiger charge is 2.10. The third-order valence-corrected chi connectivity index (χ3v) is 2.31. The molecular formula is C11H14N3+. The second-order valence-electron chi connectivity index (χ2n) is 3.58. The first-order valence-electron chi connectivity index (χ1n) is 4.64. The fourth-order valence-electron chi connectivity index (χ4n) is 1.61. The van der Waals surface area contributed by atoms with Crippen LogP contribution in [0, 0.1) is 13.8 Å². The van der Waals surface area contributed by atoms with Crippen molar-refractivity contribution in [3.05, 3.63) is 42.0 Å². The molecule has 0 N–H and O–H groups in total. The van der Waals surface area contributed by atoms with Crippen LogP contribution < -0.4 is 4.68 Å². The molecule has 0 fully saturated rings. The zero-order chi connectivity index (χ0) is 10.1. The van der Waals surface area contributed by atoms with Gasteiger partial charge in [0.15, 0.2) is 13.2 Å². The maximum atomic E-state index is 4.14. The van der Waals surface area contributed by atoms with Gasteiger partial charge < -0.3 is 0 Å². The van der Waals surface area contributed by atoms with Crippen molar-refractivity contribution in [2.75, 3.05) is 0 Å². The van der Waals surface area contributed by atoms with E-state index in [9.17, 15) is 0 Å². The normalized spacial score (nSPS) is 10.5. The lowest BCUT2D eigenvalue weighted by Gasteiger charge is -2.02. The number of aryl methyl sites for hydroxylation is 3. The second kappa shape index (κ2) is 3.25. The lowest BCUT2D eigenvalue weighted by molar-refractivity contribution is -0.744. The predicted molar refractivity (Wildman–Crippen MR) is 54.2 cm³/mol. The standard InChI is InChI=1S/C11H14N3/c1-9-7-13(3)14(8-9)11-6-12-5-4-10(11)2/h4-8H,1-3H3/q+1. The van der Waals surface area contributed by atoms with Crippen LogP contribution in [-0.4, -0.2) is 9.67 Å². The van der Waals surface area contributed by atoms with E-state index in [0.717, 1.165) is 5.69 Å². The van der Waals surface area contributed by atoms with E-state index in [-0.39, 0.29) is 0 Å². The number of rotatable bonds is 1. The summed E-state index contributed by atoms with van der Waals surface area (Å²) in [4.78, 5) is 4.14. The first-order valence-corrected chi connectivity index (χ1v) is 4.64. The Kier molecular flexibility index (Phi) is 2.08. The second-order valence-corrected chi connectivity index (χ2v) is 3.58. The Morgan fingerprint density at radius 2 is 2.14 bits per heavy atom. The Morgan fingerprint density at radius 3 is 2.71 bits per heavy atom. The van der Waals surface area contributed by atoms with Crippen LogP contribution in [0.5, 0.6) is 0 Å². The number of hydrogen-bond donors (Lipinski definition) is 0. The molecule has 0 radical (unpaired) electrons. The highest BCUT2D eigenvalue weighted by atomic mass is 15.4. The van der Waals surface area contributed by atoms with Crippen LogP contribution in [0.4, 0.5) is 0 Å². The SMILES string of the molecule is Cc1cn(-c2cnccc2C)[n+](C)c1. The highest BCUT2D eigenvalue weighted by molar-refractivity contribution is 5.35. The van der Waals surface area contributed by atoms with Gasteiger partial charge in [-0.05, 0) is 25.5 Å². The number of aromatic nitrogens is 3. The lowest BCUT2D eigenvalue weighted by atomic mass is 10.2. The van der Waals surface area contributed by atoms with Crippen LogP contribution in [0.1, 0.15) is 11.1 Å². The van der Waals surface area contributed by atoms with Gasteiger partial charge in [-0.1, -0.05) is 0 Å². The Labute approximate surface area is 83.6 Å². The molecule has 0 saturated carbocycles. The van der Waals surface area contributed by atoms with Crippen molar-refractivity contribution in [1.29, 1.82) is 0 Å². The molecule has 0 saturated heterocycles. The minimum absolute atomic E-state index is 1.13. The van der Waals surface area contributed by atoms with Crippen LogP contribution in [0.25, 0.3) is 5.69 Å². The van der Waals surface area contributed by atoms with Gasteiger partial charge in [-0.3, -0.25) is 4.98 Å². The van der Waals surface area contributed by atoms with E-state index in [2.05, 4.69) is 40.6 Å². The summed E-state index contributed by atoms with van der Waals surface area (Å²) < 4.78 is 4.15. The van der Waals surface area contributed by atoms with E-state index in [1.807, 2.05) is 25.5 Å². The molecule has 2 rings (SSSR count). The average molecular weight is 188 g/mol. The molecule has 0 bridgehead atoms.